The maximum atomic E-state index is 4.70. The van der Waals surface area contributed by atoms with Crippen molar-refractivity contribution in [2.24, 2.45) is 11.0 Å². The van der Waals surface area contributed by atoms with Crippen LogP contribution in [0.5, 0.6) is 0 Å². The van der Waals surface area contributed by atoms with Gasteiger partial charge in [0.15, 0.2) is 0 Å². The molecule has 2 nitrogen and oxygen atoms in total. The summed E-state index contributed by atoms with van der Waals surface area (Å²) >= 11 is 0. The van der Waals surface area contributed by atoms with Gasteiger partial charge >= 0.3 is 0 Å². The second-order valence-corrected chi connectivity index (χ2v) is 5.64. The molecule has 100 valence electrons. The number of anilines is 1. The van der Waals surface area contributed by atoms with Crippen LogP contribution in [0.4, 0.5) is 5.69 Å². The third-order valence-electron chi connectivity index (χ3n) is 4.43. The molecule has 1 aliphatic carbocycles. The fourth-order valence-electron chi connectivity index (χ4n) is 3.47. The first-order chi connectivity index (χ1) is 9.93. The number of aryl methyl sites for hydroxylation is 1. The highest BCUT2D eigenvalue weighted by molar-refractivity contribution is 5.71. The monoisotopic (exact) mass is 262 g/mol. The Bertz CT molecular complexity index is 633. The van der Waals surface area contributed by atoms with Gasteiger partial charge in [-0.05, 0) is 42.5 Å². The van der Waals surface area contributed by atoms with E-state index in [1.807, 2.05) is 0 Å². The molecular formula is C18H18N2. The van der Waals surface area contributed by atoms with Gasteiger partial charge in [0.25, 0.3) is 0 Å². The first-order valence-electron chi connectivity index (χ1n) is 7.40. The van der Waals surface area contributed by atoms with E-state index in [-0.39, 0.29) is 0 Å². The number of nitrogens with zero attached hydrogens (tertiary/aromatic N) is 2. The lowest BCUT2D eigenvalue weighted by Gasteiger charge is -2.28. The predicted molar refractivity (Wildman–Crippen MR) is 83.0 cm³/mol. The number of benzene rings is 2. The quantitative estimate of drug-likeness (QED) is 0.752. The zero-order valence-electron chi connectivity index (χ0n) is 11.4. The summed E-state index contributed by atoms with van der Waals surface area (Å²) in [5.74, 6) is 0.541. The highest BCUT2D eigenvalue weighted by Gasteiger charge is 2.35. The molecule has 2 aromatic carbocycles. The summed E-state index contributed by atoms with van der Waals surface area (Å²) in [5.41, 5.74) is 4.13. The Kier molecular flexibility index (Phi) is 2.80. The number of rotatable bonds is 1. The molecule has 20 heavy (non-hydrogen) atoms. The Labute approximate surface area is 119 Å². The highest BCUT2D eigenvalue weighted by Crippen LogP contribution is 2.42. The van der Waals surface area contributed by atoms with Gasteiger partial charge in [-0.15, -0.1) is 0 Å². The van der Waals surface area contributed by atoms with Gasteiger partial charge in [-0.2, -0.15) is 5.10 Å². The number of hydrazone groups is 1. The molecule has 0 spiro atoms. The van der Waals surface area contributed by atoms with E-state index in [4.69, 9.17) is 5.10 Å². The van der Waals surface area contributed by atoms with Gasteiger partial charge < -0.3 is 0 Å². The van der Waals surface area contributed by atoms with Gasteiger partial charge in [-0.25, -0.2) is 0 Å². The Hall–Kier alpha value is -2.09. The number of fused-ring (bicyclic) bond motifs is 3. The minimum Gasteiger partial charge on any atom is -0.258 e. The lowest BCUT2D eigenvalue weighted by Crippen LogP contribution is -2.23. The molecule has 2 aromatic rings. The van der Waals surface area contributed by atoms with E-state index in [1.54, 1.807) is 0 Å². The molecule has 0 radical (unpaired) electrons. The van der Waals surface area contributed by atoms with Crippen molar-refractivity contribution in [3.05, 3.63) is 65.7 Å². The Morgan fingerprint density at radius 1 is 0.950 bits per heavy atom. The van der Waals surface area contributed by atoms with Crippen LogP contribution < -0.4 is 5.01 Å². The molecule has 0 amide bonds. The fraction of sp³-hybridized carbons (Fsp3) is 0.278. The Morgan fingerprint density at radius 3 is 2.65 bits per heavy atom. The van der Waals surface area contributed by atoms with Crippen molar-refractivity contribution < 1.29 is 0 Å². The van der Waals surface area contributed by atoms with E-state index in [0.29, 0.717) is 12.0 Å². The normalized spacial score (nSPS) is 24.1. The molecule has 2 heteroatoms. The van der Waals surface area contributed by atoms with Crippen molar-refractivity contribution in [2.45, 2.75) is 25.3 Å². The minimum absolute atomic E-state index is 0.371. The maximum Gasteiger partial charge on any atom is 0.0856 e. The van der Waals surface area contributed by atoms with E-state index in [9.17, 15) is 0 Å². The molecule has 2 aliphatic rings. The van der Waals surface area contributed by atoms with Gasteiger partial charge in [0.2, 0.25) is 0 Å². The first kappa shape index (κ1) is 11.7. The molecule has 1 aliphatic heterocycles. The zero-order valence-corrected chi connectivity index (χ0v) is 11.4. The molecule has 0 saturated carbocycles. The summed E-state index contributed by atoms with van der Waals surface area (Å²) in [6.45, 7) is 0. The van der Waals surface area contributed by atoms with Gasteiger partial charge in [0.05, 0.1) is 11.7 Å². The van der Waals surface area contributed by atoms with E-state index in [1.165, 1.54) is 36.1 Å². The molecule has 0 saturated heterocycles. The lowest BCUT2D eigenvalue weighted by atomic mass is 9.92. The topological polar surface area (TPSA) is 15.6 Å². The molecule has 2 atom stereocenters. The van der Waals surface area contributed by atoms with Crippen LogP contribution in [-0.4, -0.2) is 6.21 Å². The third kappa shape index (κ3) is 1.83. The van der Waals surface area contributed by atoms with E-state index < -0.39 is 0 Å². The molecule has 0 N–H and O–H groups in total. The molecule has 0 fully saturated rings. The van der Waals surface area contributed by atoms with Crippen molar-refractivity contribution in [3.63, 3.8) is 0 Å². The largest absolute Gasteiger partial charge is 0.258 e. The maximum absolute atomic E-state index is 4.70. The molecule has 0 unspecified atom stereocenters. The highest BCUT2D eigenvalue weighted by atomic mass is 15.5. The van der Waals surface area contributed by atoms with E-state index >= 15 is 0 Å². The van der Waals surface area contributed by atoms with Crippen LogP contribution in [0.25, 0.3) is 0 Å². The van der Waals surface area contributed by atoms with E-state index in [2.05, 4.69) is 65.8 Å². The average Bonchev–Trinajstić information content (AvgIpc) is 2.84. The summed E-state index contributed by atoms with van der Waals surface area (Å²) in [6.07, 6.45) is 5.83. The van der Waals surface area contributed by atoms with Crippen LogP contribution >= 0.6 is 0 Å². The molecular weight excluding hydrogens is 244 g/mol. The summed E-state index contributed by atoms with van der Waals surface area (Å²) in [5, 5.41) is 6.90. The van der Waals surface area contributed by atoms with Crippen molar-refractivity contribution in [3.8, 4) is 0 Å². The summed E-state index contributed by atoms with van der Waals surface area (Å²) in [7, 11) is 0. The van der Waals surface area contributed by atoms with Crippen LogP contribution in [0.15, 0.2) is 59.7 Å². The first-order valence-corrected chi connectivity index (χ1v) is 7.40. The zero-order chi connectivity index (χ0) is 13.4. The van der Waals surface area contributed by atoms with Crippen LogP contribution in [0, 0.1) is 5.92 Å². The number of hydrogen-bond donors (Lipinski definition) is 0. The predicted octanol–water partition coefficient (Wildman–Crippen LogP) is 4.19. The second kappa shape index (κ2) is 4.78. The molecule has 0 bridgehead atoms. The van der Waals surface area contributed by atoms with Crippen LogP contribution in [0.1, 0.15) is 30.0 Å². The van der Waals surface area contributed by atoms with Crippen molar-refractivity contribution in [1.29, 1.82) is 0 Å². The van der Waals surface area contributed by atoms with Gasteiger partial charge in [-0.3, -0.25) is 5.01 Å². The van der Waals surface area contributed by atoms with Crippen molar-refractivity contribution >= 4 is 11.9 Å². The van der Waals surface area contributed by atoms with Gasteiger partial charge in [0.1, 0.15) is 0 Å². The van der Waals surface area contributed by atoms with Crippen LogP contribution in [0.2, 0.25) is 0 Å². The molecule has 4 rings (SSSR count). The molecule has 0 aromatic heterocycles. The lowest BCUT2D eigenvalue weighted by molar-refractivity contribution is 0.525. The Morgan fingerprint density at radius 2 is 1.75 bits per heavy atom. The summed E-state index contributed by atoms with van der Waals surface area (Å²) < 4.78 is 0. The SMILES string of the molecule is C1=NN(c2ccccc2)[C@@H]2c3ccccc3CCC[C@@H]12. The minimum atomic E-state index is 0.371. The average molecular weight is 262 g/mol. The number of hydrogen-bond acceptors (Lipinski definition) is 2. The molecule has 1 heterocycles. The second-order valence-electron chi connectivity index (χ2n) is 5.64. The van der Waals surface area contributed by atoms with Crippen LogP contribution in [0.3, 0.4) is 0 Å². The number of para-hydroxylation sites is 1. The van der Waals surface area contributed by atoms with Crippen LogP contribution in [-0.2, 0) is 6.42 Å². The Balaban J connectivity index is 1.80. The smallest absolute Gasteiger partial charge is 0.0856 e. The van der Waals surface area contributed by atoms with Gasteiger partial charge in [-0.1, -0.05) is 42.5 Å². The standard InChI is InChI=1S/C18H18N2/c1-2-10-16(11-3-1)20-18-15(13-19-20)9-6-8-14-7-4-5-12-17(14)18/h1-5,7,10-13,15,18H,6,8-9H2/t15-,18-/m0/s1. The van der Waals surface area contributed by atoms with Crippen molar-refractivity contribution in [2.75, 3.05) is 5.01 Å². The third-order valence-corrected chi connectivity index (χ3v) is 4.43. The van der Waals surface area contributed by atoms with E-state index in [0.717, 1.165) is 0 Å². The van der Waals surface area contributed by atoms with Gasteiger partial charge in [0, 0.05) is 12.1 Å². The fourth-order valence-corrected chi connectivity index (χ4v) is 3.47. The summed E-state index contributed by atoms with van der Waals surface area (Å²) in [4.78, 5) is 0. The summed E-state index contributed by atoms with van der Waals surface area (Å²) in [6, 6.07) is 19.8. The van der Waals surface area contributed by atoms with Crippen molar-refractivity contribution in [1.82, 2.24) is 0 Å².